The summed E-state index contributed by atoms with van der Waals surface area (Å²) in [6.45, 7) is 5.03. The van der Waals surface area contributed by atoms with E-state index in [1.807, 2.05) is 11.9 Å². The minimum atomic E-state index is -0.0124. The van der Waals surface area contributed by atoms with Crippen LogP contribution in [0.2, 0.25) is 0 Å². The summed E-state index contributed by atoms with van der Waals surface area (Å²) >= 11 is 1.34. The first-order valence-corrected chi connectivity index (χ1v) is 7.96. The van der Waals surface area contributed by atoms with E-state index in [0.717, 1.165) is 44.0 Å². The molecule has 0 radical (unpaired) electrons. The zero-order valence-corrected chi connectivity index (χ0v) is 13.2. The predicted molar refractivity (Wildman–Crippen MR) is 81.3 cm³/mol. The van der Waals surface area contributed by atoms with Gasteiger partial charge in [-0.1, -0.05) is 18.3 Å². The molecule has 2 rings (SSSR count). The average Bonchev–Trinajstić information content (AvgIpc) is 2.93. The average molecular weight is 297 g/mol. The monoisotopic (exact) mass is 297 g/mol. The van der Waals surface area contributed by atoms with Crippen molar-refractivity contribution in [1.29, 1.82) is 0 Å². The van der Waals surface area contributed by atoms with E-state index in [2.05, 4.69) is 34.4 Å². The molecule has 7 heteroatoms. The number of amides is 1. The second-order valence-corrected chi connectivity index (χ2v) is 6.27. The number of carbonyl (C=O) groups is 1. The Hall–Kier alpha value is -1.21. The van der Waals surface area contributed by atoms with Crippen LogP contribution in [0.1, 0.15) is 36.0 Å². The Kier molecular flexibility index (Phi) is 5.31. The van der Waals surface area contributed by atoms with Gasteiger partial charge in [0.25, 0.3) is 5.91 Å². The SMILES string of the molecule is CCCNc1nnc(C(=O)N(C)C2CCN(C)CC2)s1. The van der Waals surface area contributed by atoms with Crippen molar-refractivity contribution in [2.45, 2.75) is 32.2 Å². The molecule has 0 aliphatic carbocycles. The van der Waals surface area contributed by atoms with Gasteiger partial charge >= 0.3 is 0 Å². The number of nitrogens with zero attached hydrogens (tertiary/aromatic N) is 4. The second-order valence-electron chi connectivity index (χ2n) is 5.29. The molecule has 2 heterocycles. The van der Waals surface area contributed by atoms with Crippen LogP contribution in [0.4, 0.5) is 5.13 Å². The number of nitrogens with one attached hydrogen (secondary N) is 1. The molecule has 1 fully saturated rings. The molecule has 1 aromatic rings. The lowest BCUT2D eigenvalue weighted by atomic mass is 10.0. The molecule has 20 heavy (non-hydrogen) atoms. The molecule has 1 aliphatic rings. The van der Waals surface area contributed by atoms with Crippen LogP contribution in [0.15, 0.2) is 0 Å². The van der Waals surface area contributed by atoms with E-state index in [-0.39, 0.29) is 5.91 Å². The third-order valence-electron chi connectivity index (χ3n) is 3.69. The van der Waals surface area contributed by atoms with Crippen LogP contribution in [0.5, 0.6) is 0 Å². The topological polar surface area (TPSA) is 61.4 Å². The van der Waals surface area contributed by atoms with E-state index in [4.69, 9.17) is 0 Å². The molecule has 0 aromatic carbocycles. The van der Waals surface area contributed by atoms with Gasteiger partial charge < -0.3 is 15.1 Å². The summed E-state index contributed by atoms with van der Waals surface area (Å²) in [5, 5.41) is 12.4. The fraction of sp³-hybridized carbons (Fsp3) is 0.769. The lowest BCUT2D eigenvalue weighted by molar-refractivity contribution is 0.0658. The van der Waals surface area contributed by atoms with Crippen LogP contribution < -0.4 is 5.32 Å². The van der Waals surface area contributed by atoms with E-state index in [9.17, 15) is 4.79 Å². The van der Waals surface area contributed by atoms with Crippen LogP contribution in [0, 0.1) is 0 Å². The first kappa shape index (κ1) is 15.2. The van der Waals surface area contributed by atoms with Crippen LogP contribution >= 0.6 is 11.3 Å². The zero-order chi connectivity index (χ0) is 14.5. The highest BCUT2D eigenvalue weighted by molar-refractivity contribution is 7.17. The summed E-state index contributed by atoms with van der Waals surface area (Å²) in [6.07, 6.45) is 3.08. The number of hydrogen-bond donors (Lipinski definition) is 1. The van der Waals surface area contributed by atoms with Gasteiger partial charge in [-0.3, -0.25) is 4.79 Å². The third kappa shape index (κ3) is 3.67. The molecular weight excluding hydrogens is 274 g/mol. The Labute approximate surface area is 124 Å². The van der Waals surface area contributed by atoms with Gasteiger partial charge in [-0.2, -0.15) is 0 Å². The van der Waals surface area contributed by atoms with Gasteiger partial charge in [0, 0.05) is 19.6 Å². The molecule has 1 N–H and O–H groups in total. The van der Waals surface area contributed by atoms with E-state index in [1.54, 1.807) is 0 Å². The molecular formula is C13H23N5OS. The molecule has 1 amide bonds. The first-order chi connectivity index (χ1) is 9.61. The summed E-state index contributed by atoms with van der Waals surface area (Å²) in [7, 11) is 3.99. The molecule has 0 spiro atoms. The van der Waals surface area contributed by atoms with E-state index in [1.165, 1.54) is 11.3 Å². The van der Waals surface area contributed by atoms with Crippen molar-refractivity contribution in [2.75, 3.05) is 39.0 Å². The molecule has 0 saturated carbocycles. The summed E-state index contributed by atoms with van der Waals surface area (Å²) < 4.78 is 0. The van der Waals surface area contributed by atoms with Gasteiger partial charge in [-0.15, -0.1) is 10.2 Å². The fourth-order valence-corrected chi connectivity index (χ4v) is 3.06. The quantitative estimate of drug-likeness (QED) is 0.893. The van der Waals surface area contributed by atoms with Gasteiger partial charge in [0.15, 0.2) is 0 Å². The minimum absolute atomic E-state index is 0.0124. The van der Waals surface area contributed by atoms with Crippen LogP contribution in [-0.2, 0) is 0 Å². The van der Waals surface area contributed by atoms with Crippen LogP contribution in [0.3, 0.4) is 0 Å². The lowest BCUT2D eigenvalue weighted by Gasteiger charge is -2.34. The van der Waals surface area contributed by atoms with Gasteiger partial charge in [0.1, 0.15) is 0 Å². The number of hydrogen-bond acceptors (Lipinski definition) is 6. The molecule has 0 atom stereocenters. The standard InChI is InChI=1S/C13H23N5OS/c1-4-7-14-13-16-15-11(20-13)12(19)18(3)10-5-8-17(2)9-6-10/h10H,4-9H2,1-3H3,(H,14,16). The van der Waals surface area contributed by atoms with E-state index >= 15 is 0 Å². The molecule has 1 aliphatic heterocycles. The van der Waals surface area contributed by atoms with E-state index < -0.39 is 0 Å². The van der Waals surface area contributed by atoms with Crippen molar-refractivity contribution < 1.29 is 4.79 Å². The third-order valence-corrected chi connectivity index (χ3v) is 4.56. The maximum Gasteiger partial charge on any atom is 0.284 e. The Balaban J connectivity index is 1.94. The first-order valence-electron chi connectivity index (χ1n) is 7.15. The number of likely N-dealkylation sites (tertiary alicyclic amines) is 1. The van der Waals surface area contributed by atoms with Crippen molar-refractivity contribution in [3.63, 3.8) is 0 Å². The minimum Gasteiger partial charge on any atom is -0.360 e. The normalized spacial score (nSPS) is 17.1. The Morgan fingerprint density at radius 2 is 2.15 bits per heavy atom. The summed E-state index contributed by atoms with van der Waals surface area (Å²) in [4.78, 5) is 16.5. The fourth-order valence-electron chi connectivity index (χ4n) is 2.31. The van der Waals surface area contributed by atoms with Crippen molar-refractivity contribution in [1.82, 2.24) is 20.0 Å². The summed E-state index contributed by atoms with van der Waals surface area (Å²) in [6, 6.07) is 0.314. The highest BCUT2D eigenvalue weighted by atomic mass is 32.1. The Morgan fingerprint density at radius 1 is 1.45 bits per heavy atom. The van der Waals surface area contributed by atoms with Crippen LogP contribution in [0.25, 0.3) is 0 Å². The van der Waals surface area contributed by atoms with Crippen molar-refractivity contribution in [3.8, 4) is 0 Å². The van der Waals surface area contributed by atoms with Crippen molar-refractivity contribution >= 4 is 22.4 Å². The highest BCUT2D eigenvalue weighted by Crippen LogP contribution is 2.20. The van der Waals surface area contributed by atoms with Gasteiger partial charge in [0.2, 0.25) is 10.1 Å². The number of anilines is 1. The second kappa shape index (κ2) is 6.99. The molecule has 0 unspecified atom stereocenters. The van der Waals surface area contributed by atoms with Crippen molar-refractivity contribution in [3.05, 3.63) is 5.01 Å². The number of carbonyl (C=O) groups excluding carboxylic acids is 1. The van der Waals surface area contributed by atoms with Crippen LogP contribution in [-0.4, -0.2) is 65.7 Å². The molecule has 6 nitrogen and oxygen atoms in total. The summed E-state index contributed by atoms with van der Waals surface area (Å²) in [5.74, 6) is -0.0124. The molecule has 1 saturated heterocycles. The van der Waals surface area contributed by atoms with Crippen molar-refractivity contribution in [2.24, 2.45) is 0 Å². The summed E-state index contributed by atoms with van der Waals surface area (Å²) in [5.41, 5.74) is 0. The number of aromatic nitrogens is 2. The van der Waals surface area contributed by atoms with Gasteiger partial charge in [-0.25, -0.2) is 0 Å². The Bertz CT molecular complexity index is 442. The predicted octanol–water partition coefficient (Wildman–Crippen LogP) is 1.53. The molecule has 112 valence electrons. The lowest BCUT2D eigenvalue weighted by Crippen LogP contribution is -2.44. The van der Waals surface area contributed by atoms with Gasteiger partial charge in [0.05, 0.1) is 0 Å². The van der Waals surface area contributed by atoms with E-state index in [0.29, 0.717) is 11.0 Å². The molecule has 0 bridgehead atoms. The smallest absolute Gasteiger partial charge is 0.284 e. The highest BCUT2D eigenvalue weighted by Gasteiger charge is 2.26. The Morgan fingerprint density at radius 3 is 2.80 bits per heavy atom. The number of piperidine rings is 1. The maximum atomic E-state index is 12.4. The number of rotatable bonds is 5. The zero-order valence-electron chi connectivity index (χ0n) is 12.4. The maximum absolute atomic E-state index is 12.4. The van der Waals surface area contributed by atoms with Gasteiger partial charge in [-0.05, 0) is 39.4 Å². The molecule has 1 aromatic heterocycles. The largest absolute Gasteiger partial charge is 0.360 e.